The summed E-state index contributed by atoms with van der Waals surface area (Å²) in [6.07, 6.45) is 0. The van der Waals surface area contributed by atoms with Gasteiger partial charge in [0.05, 0.1) is 0 Å². The van der Waals surface area contributed by atoms with Crippen LogP contribution >= 0.6 is 0 Å². The summed E-state index contributed by atoms with van der Waals surface area (Å²) in [5.41, 5.74) is 8.69. The molecule has 0 spiro atoms. The summed E-state index contributed by atoms with van der Waals surface area (Å²) in [6.45, 7) is 8.78. The van der Waals surface area contributed by atoms with E-state index in [0.717, 1.165) is 22.6 Å². The summed E-state index contributed by atoms with van der Waals surface area (Å²) < 4.78 is 5.67. The quantitative estimate of drug-likeness (QED) is 0.832. The Morgan fingerprint density at radius 1 is 1.42 bits per heavy atom. The van der Waals surface area contributed by atoms with Crippen LogP contribution in [0.1, 0.15) is 37.8 Å². The molecule has 0 aliphatic heterocycles. The van der Waals surface area contributed by atoms with Crippen LogP contribution in [0.4, 0.5) is 5.69 Å². The number of nitrogens with zero attached hydrogens (tertiary/aromatic N) is 1. The molecule has 0 aromatic heterocycles. The number of benzene rings is 1. The molecule has 106 valence electrons. The van der Waals surface area contributed by atoms with Gasteiger partial charge in [-0.1, -0.05) is 13.8 Å². The third kappa shape index (κ3) is 3.88. The SMILES string of the molecule is CCN(C)C(=O)COc1cc(C)c(N)cc1C(C)C. The van der Waals surface area contributed by atoms with E-state index in [1.54, 1.807) is 11.9 Å². The molecule has 4 heteroatoms. The molecule has 0 saturated carbocycles. The summed E-state index contributed by atoms with van der Waals surface area (Å²) in [4.78, 5) is 13.4. The second-order valence-corrected chi connectivity index (χ2v) is 5.10. The molecule has 0 atom stereocenters. The lowest BCUT2D eigenvalue weighted by Crippen LogP contribution is -2.31. The molecule has 0 bridgehead atoms. The molecule has 2 N–H and O–H groups in total. The maximum Gasteiger partial charge on any atom is 0.260 e. The number of amides is 1. The van der Waals surface area contributed by atoms with Crippen LogP contribution < -0.4 is 10.5 Å². The minimum Gasteiger partial charge on any atom is -0.483 e. The van der Waals surface area contributed by atoms with Crippen LogP contribution in [0.3, 0.4) is 0 Å². The number of carbonyl (C=O) groups excluding carboxylic acids is 1. The zero-order valence-electron chi connectivity index (χ0n) is 12.5. The summed E-state index contributed by atoms with van der Waals surface area (Å²) in [5, 5.41) is 0. The van der Waals surface area contributed by atoms with E-state index in [2.05, 4.69) is 13.8 Å². The van der Waals surface area contributed by atoms with Crippen LogP contribution in [-0.2, 0) is 4.79 Å². The van der Waals surface area contributed by atoms with Crippen molar-refractivity contribution in [2.45, 2.75) is 33.6 Å². The van der Waals surface area contributed by atoms with E-state index in [1.165, 1.54) is 0 Å². The number of likely N-dealkylation sites (N-methyl/N-ethyl adjacent to an activating group) is 1. The Morgan fingerprint density at radius 2 is 2.05 bits per heavy atom. The van der Waals surface area contributed by atoms with Crippen molar-refractivity contribution in [3.05, 3.63) is 23.3 Å². The molecule has 0 unspecified atom stereocenters. The number of nitrogens with two attached hydrogens (primary N) is 1. The van der Waals surface area contributed by atoms with Crippen molar-refractivity contribution in [2.75, 3.05) is 25.9 Å². The fraction of sp³-hybridized carbons (Fsp3) is 0.533. The molecule has 0 fully saturated rings. The zero-order valence-corrected chi connectivity index (χ0v) is 12.5. The Morgan fingerprint density at radius 3 is 2.58 bits per heavy atom. The van der Waals surface area contributed by atoms with Crippen LogP contribution in [0.15, 0.2) is 12.1 Å². The van der Waals surface area contributed by atoms with Gasteiger partial charge in [-0.25, -0.2) is 0 Å². The summed E-state index contributed by atoms with van der Waals surface area (Å²) in [5.74, 6) is 1.03. The molecule has 1 aromatic rings. The number of hydrogen-bond donors (Lipinski definition) is 1. The van der Waals surface area contributed by atoms with Crippen LogP contribution in [0.25, 0.3) is 0 Å². The first-order chi connectivity index (χ1) is 8.86. The highest BCUT2D eigenvalue weighted by molar-refractivity contribution is 5.77. The maximum absolute atomic E-state index is 11.8. The Hall–Kier alpha value is -1.71. The van der Waals surface area contributed by atoms with Gasteiger partial charge in [0.1, 0.15) is 5.75 Å². The summed E-state index contributed by atoms with van der Waals surface area (Å²) in [6, 6.07) is 3.84. The predicted octanol–water partition coefficient (Wildman–Crippen LogP) is 2.56. The molecule has 1 rings (SSSR count). The molecule has 0 heterocycles. The average molecular weight is 264 g/mol. The van der Waals surface area contributed by atoms with Gasteiger partial charge in [-0.3, -0.25) is 4.79 Å². The van der Waals surface area contributed by atoms with Gasteiger partial charge in [0.25, 0.3) is 5.91 Å². The van der Waals surface area contributed by atoms with Gasteiger partial charge in [0.15, 0.2) is 6.61 Å². The first-order valence-corrected chi connectivity index (χ1v) is 6.63. The molecule has 19 heavy (non-hydrogen) atoms. The third-order valence-electron chi connectivity index (χ3n) is 3.27. The van der Waals surface area contributed by atoms with Gasteiger partial charge in [0, 0.05) is 19.3 Å². The Bertz CT molecular complexity index is 456. The molecular weight excluding hydrogens is 240 g/mol. The van der Waals surface area contributed by atoms with Gasteiger partial charge >= 0.3 is 0 Å². The third-order valence-corrected chi connectivity index (χ3v) is 3.27. The van der Waals surface area contributed by atoms with Crippen LogP contribution in [0.5, 0.6) is 5.75 Å². The highest BCUT2D eigenvalue weighted by Gasteiger charge is 2.13. The van der Waals surface area contributed by atoms with E-state index in [4.69, 9.17) is 10.5 Å². The minimum atomic E-state index is -0.0216. The fourth-order valence-electron chi connectivity index (χ4n) is 1.72. The van der Waals surface area contributed by atoms with E-state index in [9.17, 15) is 4.79 Å². The molecule has 4 nitrogen and oxygen atoms in total. The van der Waals surface area contributed by atoms with Crippen molar-refractivity contribution in [1.82, 2.24) is 4.90 Å². The molecule has 1 amide bonds. The zero-order chi connectivity index (χ0) is 14.6. The first kappa shape index (κ1) is 15.3. The monoisotopic (exact) mass is 264 g/mol. The molecule has 0 radical (unpaired) electrons. The number of anilines is 1. The van der Waals surface area contributed by atoms with Crippen molar-refractivity contribution in [3.8, 4) is 5.75 Å². The van der Waals surface area contributed by atoms with Crippen molar-refractivity contribution in [2.24, 2.45) is 0 Å². The Kier molecular flexibility index (Phi) is 5.21. The van der Waals surface area contributed by atoms with E-state index in [1.807, 2.05) is 26.0 Å². The number of rotatable bonds is 5. The summed E-state index contributed by atoms with van der Waals surface area (Å²) in [7, 11) is 1.77. The summed E-state index contributed by atoms with van der Waals surface area (Å²) >= 11 is 0. The lowest BCUT2D eigenvalue weighted by atomic mass is 9.99. The number of aryl methyl sites for hydroxylation is 1. The molecule has 0 saturated heterocycles. The minimum absolute atomic E-state index is 0.0216. The largest absolute Gasteiger partial charge is 0.483 e. The van der Waals surface area contributed by atoms with Gasteiger partial charge in [-0.2, -0.15) is 0 Å². The fourth-order valence-corrected chi connectivity index (χ4v) is 1.72. The maximum atomic E-state index is 11.8. The number of ether oxygens (including phenoxy) is 1. The molecular formula is C15H24N2O2. The van der Waals surface area contributed by atoms with Crippen molar-refractivity contribution >= 4 is 11.6 Å². The van der Waals surface area contributed by atoms with E-state index in [0.29, 0.717) is 12.5 Å². The van der Waals surface area contributed by atoms with E-state index >= 15 is 0 Å². The highest BCUT2D eigenvalue weighted by Crippen LogP contribution is 2.30. The second-order valence-electron chi connectivity index (χ2n) is 5.10. The molecule has 0 aliphatic carbocycles. The first-order valence-electron chi connectivity index (χ1n) is 6.63. The predicted molar refractivity (Wildman–Crippen MR) is 78.5 cm³/mol. The lowest BCUT2D eigenvalue weighted by molar-refractivity contribution is -0.131. The smallest absolute Gasteiger partial charge is 0.260 e. The van der Waals surface area contributed by atoms with Gasteiger partial charge in [-0.15, -0.1) is 0 Å². The number of hydrogen-bond acceptors (Lipinski definition) is 3. The van der Waals surface area contributed by atoms with E-state index in [-0.39, 0.29) is 12.5 Å². The van der Waals surface area contributed by atoms with Crippen LogP contribution in [0.2, 0.25) is 0 Å². The van der Waals surface area contributed by atoms with Crippen molar-refractivity contribution < 1.29 is 9.53 Å². The average Bonchev–Trinajstić information content (AvgIpc) is 2.37. The molecule has 1 aromatic carbocycles. The van der Waals surface area contributed by atoms with Crippen LogP contribution in [0, 0.1) is 6.92 Å². The van der Waals surface area contributed by atoms with Crippen molar-refractivity contribution in [3.63, 3.8) is 0 Å². The Labute approximate surface area is 115 Å². The molecule has 0 aliphatic rings. The number of carbonyl (C=O) groups is 1. The standard InChI is InChI=1S/C15H24N2O2/c1-6-17(5)15(18)9-19-14-7-11(4)13(16)8-12(14)10(2)3/h7-8,10H,6,9,16H2,1-5H3. The van der Waals surface area contributed by atoms with Gasteiger partial charge in [-0.05, 0) is 43.0 Å². The number of nitrogen functional groups attached to an aromatic ring is 1. The van der Waals surface area contributed by atoms with Crippen molar-refractivity contribution in [1.29, 1.82) is 0 Å². The topological polar surface area (TPSA) is 55.6 Å². The normalized spacial score (nSPS) is 10.6. The second kappa shape index (κ2) is 6.45. The van der Waals surface area contributed by atoms with E-state index < -0.39 is 0 Å². The highest BCUT2D eigenvalue weighted by atomic mass is 16.5. The van der Waals surface area contributed by atoms with Gasteiger partial charge < -0.3 is 15.4 Å². The van der Waals surface area contributed by atoms with Crippen LogP contribution in [-0.4, -0.2) is 31.0 Å². The van der Waals surface area contributed by atoms with Gasteiger partial charge in [0.2, 0.25) is 0 Å². The lowest BCUT2D eigenvalue weighted by Gasteiger charge is -2.18. The Balaban J connectivity index is 2.88.